The van der Waals surface area contributed by atoms with E-state index in [2.05, 4.69) is 5.32 Å². The van der Waals surface area contributed by atoms with Crippen LogP contribution in [0, 0.1) is 0 Å². The van der Waals surface area contributed by atoms with Crippen LogP contribution in [0.2, 0.25) is 0 Å². The van der Waals surface area contributed by atoms with Gasteiger partial charge in [-0.25, -0.2) is 0 Å². The van der Waals surface area contributed by atoms with E-state index < -0.39 is 26.8 Å². The van der Waals surface area contributed by atoms with Crippen LogP contribution in [0.5, 0.6) is 5.75 Å². The number of nitrogens with zero attached hydrogens (tertiary/aromatic N) is 1. The first-order valence-electron chi connectivity index (χ1n) is 7.40. The van der Waals surface area contributed by atoms with Crippen molar-refractivity contribution in [3.63, 3.8) is 0 Å². The van der Waals surface area contributed by atoms with Crippen molar-refractivity contribution < 1.29 is 32.8 Å². The average molecular weight is 378 g/mol. The Labute approximate surface area is 147 Å². The molecule has 0 atom stereocenters. The molecule has 0 aromatic heterocycles. The van der Waals surface area contributed by atoms with Crippen molar-refractivity contribution in [1.29, 1.82) is 0 Å². The van der Waals surface area contributed by atoms with Crippen LogP contribution >= 0.6 is 0 Å². The molecule has 9 nitrogen and oxygen atoms in total. The molecule has 1 aliphatic heterocycles. The molecule has 1 heterocycles. The van der Waals surface area contributed by atoms with Crippen LogP contribution in [-0.4, -0.2) is 53.0 Å². The van der Waals surface area contributed by atoms with Crippen LogP contribution in [0.3, 0.4) is 0 Å². The Morgan fingerprint density at radius 1 is 1.12 bits per heavy atom. The van der Waals surface area contributed by atoms with Crippen molar-refractivity contribution in [2.24, 2.45) is 0 Å². The summed E-state index contributed by atoms with van der Waals surface area (Å²) in [6, 6.07) is 6.58. The van der Waals surface area contributed by atoms with E-state index in [9.17, 15) is 23.1 Å². The number of amides is 2. The minimum Gasteiger partial charge on any atom is -0.507 e. The number of carbonyl (C=O) groups is 2. The van der Waals surface area contributed by atoms with E-state index in [0.29, 0.717) is 16.5 Å². The summed E-state index contributed by atoms with van der Waals surface area (Å²) in [5, 5.41) is 22.2. The van der Waals surface area contributed by atoms with Crippen LogP contribution in [0.4, 0.5) is 5.69 Å². The zero-order chi connectivity index (χ0) is 19.1. The van der Waals surface area contributed by atoms with Crippen molar-refractivity contribution in [2.75, 3.05) is 18.5 Å². The Kier molecular flexibility index (Phi) is 4.40. The number of aliphatic hydroxyl groups excluding tert-OH is 1. The number of imide groups is 1. The number of aliphatic hydroxyl groups is 1. The second-order valence-electron chi connectivity index (χ2n) is 5.56. The van der Waals surface area contributed by atoms with Crippen molar-refractivity contribution in [3.8, 4) is 5.75 Å². The smallest absolute Gasteiger partial charge is 0.294 e. The van der Waals surface area contributed by atoms with E-state index in [0.717, 1.165) is 17.0 Å². The predicted molar refractivity (Wildman–Crippen MR) is 90.9 cm³/mol. The van der Waals surface area contributed by atoms with Gasteiger partial charge in [0, 0.05) is 23.2 Å². The quantitative estimate of drug-likeness (QED) is 0.434. The molecule has 0 fully saturated rings. The van der Waals surface area contributed by atoms with Gasteiger partial charge in [0.25, 0.3) is 21.9 Å². The van der Waals surface area contributed by atoms with Gasteiger partial charge in [-0.3, -0.25) is 19.0 Å². The number of aromatic hydroxyl groups is 1. The molecule has 26 heavy (non-hydrogen) atoms. The number of hydrogen-bond acceptors (Lipinski definition) is 7. The molecule has 2 amide bonds. The molecule has 2 aromatic rings. The van der Waals surface area contributed by atoms with Gasteiger partial charge in [-0.2, -0.15) is 8.42 Å². The van der Waals surface area contributed by atoms with E-state index >= 15 is 0 Å². The highest BCUT2D eigenvalue weighted by Gasteiger charge is 2.30. The van der Waals surface area contributed by atoms with Crippen molar-refractivity contribution in [1.82, 2.24) is 4.90 Å². The SMILES string of the molecule is O=C1C=C(Nc2ccc3c(O)cc(S(=O)(=O)O)cc3c2)C(=O)N1CCO. The molecule has 0 bridgehead atoms. The Morgan fingerprint density at radius 3 is 2.50 bits per heavy atom. The lowest BCUT2D eigenvalue weighted by atomic mass is 10.1. The van der Waals surface area contributed by atoms with Crippen LogP contribution < -0.4 is 5.32 Å². The first-order chi connectivity index (χ1) is 12.2. The number of hydrogen-bond donors (Lipinski definition) is 4. The molecule has 0 spiro atoms. The number of anilines is 1. The van der Waals surface area contributed by atoms with Gasteiger partial charge >= 0.3 is 0 Å². The summed E-state index contributed by atoms with van der Waals surface area (Å²) in [6.45, 7) is -0.477. The van der Waals surface area contributed by atoms with Crippen molar-refractivity contribution in [3.05, 3.63) is 42.1 Å². The lowest BCUT2D eigenvalue weighted by molar-refractivity contribution is -0.137. The topological polar surface area (TPSA) is 144 Å². The standard InChI is InChI=1S/C16H14N2O7S/c19-4-3-18-15(21)8-13(16(18)22)17-10-1-2-12-9(5-10)6-11(7-14(12)20)26(23,24)25/h1-2,5-8,17,19-20H,3-4H2,(H,23,24,25). The van der Waals surface area contributed by atoms with Gasteiger partial charge in [0.1, 0.15) is 11.4 Å². The van der Waals surface area contributed by atoms with Gasteiger partial charge in [0.05, 0.1) is 18.0 Å². The maximum absolute atomic E-state index is 12.1. The molecule has 0 radical (unpaired) electrons. The maximum Gasteiger partial charge on any atom is 0.294 e. The number of phenols is 1. The first-order valence-corrected chi connectivity index (χ1v) is 8.84. The van der Waals surface area contributed by atoms with Gasteiger partial charge < -0.3 is 15.5 Å². The number of benzene rings is 2. The summed E-state index contributed by atoms with van der Waals surface area (Å²) < 4.78 is 31.7. The molecule has 10 heteroatoms. The van der Waals surface area contributed by atoms with Crippen LogP contribution in [0.15, 0.2) is 47.0 Å². The Morgan fingerprint density at radius 2 is 1.85 bits per heavy atom. The van der Waals surface area contributed by atoms with Gasteiger partial charge in [0.2, 0.25) is 0 Å². The van der Waals surface area contributed by atoms with E-state index in [-0.39, 0.29) is 24.6 Å². The monoisotopic (exact) mass is 378 g/mol. The molecule has 136 valence electrons. The molecule has 2 aromatic carbocycles. The summed E-state index contributed by atoms with van der Waals surface area (Å²) >= 11 is 0. The zero-order valence-corrected chi connectivity index (χ0v) is 14.0. The molecule has 0 unspecified atom stereocenters. The van der Waals surface area contributed by atoms with E-state index in [1.54, 1.807) is 0 Å². The highest BCUT2D eigenvalue weighted by atomic mass is 32.2. The zero-order valence-electron chi connectivity index (χ0n) is 13.2. The van der Waals surface area contributed by atoms with Gasteiger partial charge in [0.15, 0.2) is 0 Å². The van der Waals surface area contributed by atoms with Crippen LogP contribution in [-0.2, 0) is 19.7 Å². The van der Waals surface area contributed by atoms with Crippen molar-refractivity contribution >= 4 is 38.4 Å². The number of fused-ring (bicyclic) bond motifs is 1. The van der Waals surface area contributed by atoms with Crippen LogP contribution in [0.1, 0.15) is 0 Å². The largest absolute Gasteiger partial charge is 0.507 e. The number of rotatable bonds is 5. The van der Waals surface area contributed by atoms with Gasteiger partial charge in [-0.1, -0.05) is 0 Å². The number of phenolic OH excluding ortho intramolecular Hbond substituents is 1. The fourth-order valence-electron chi connectivity index (χ4n) is 2.61. The molecule has 0 saturated heterocycles. The van der Waals surface area contributed by atoms with Gasteiger partial charge in [-0.05, 0) is 29.7 Å². The molecular weight excluding hydrogens is 364 g/mol. The minimum absolute atomic E-state index is 0.00189. The molecular formula is C16H14N2O7S. The number of nitrogens with one attached hydrogen (secondary N) is 1. The minimum atomic E-state index is -4.50. The van der Waals surface area contributed by atoms with E-state index in [1.807, 2.05) is 0 Å². The summed E-state index contributed by atoms with van der Waals surface area (Å²) in [4.78, 5) is 24.3. The maximum atomic E-state index is 12.1. The molecule has 3 rings (SSSR count). The second-order valence-corrected chi connectivity index (χ2v) is 6.98. The third-order valence-corrected chi connectivity index (χ3v) is 4.65. The number of β-amino-alcohol motifs (C(OH)–C–C–N with tert-alkyl or cyclic N) is 1. The lowest BCUT2D eigenvalue weighted by Gasteiger charge is -2.13. The average Bonchev–Trinajstić information content (AvgIpc) is 2.81. The third-order valence-electron chi connectivity index (χ3n) is 3.81. The highest BCUT2D eigenvalue weighted by Crippen LogP contribution is 2.31. The summed E-state index contributed by atoms with van der Waals surface area (Å²) in [7, 11) is -4.50. The Balaban J connectivity index is 1.96. The summed E-state index contributed by atoms with van der Waals surface area (Å²) in [5.74, 6) is -1.49. The van der Waals surface area contributed by atoms with E-state index in [4.69, 9.17) is 9.66 Å². The first kappa shape index (κ1) is 17.9. The van der Waals surface area contributed by atoms with E-state index in [1.165, 1.54) is 24.3 Å². The summed E-state index contributed by atoms with van der Waals surface area (Å²) in [6.07, 6.45) is 1.09. The second kappa shape index (κ2) is 6.41. The molecule has 0 aliphatic carbocycles. The fraction of sp³-hybridized carbons (Fsp3) is 0.125. The van der Waals surface area contributed by atoms with Gasteiger partial charge in [-0.15, -0.1) is 0 Å². The summed E-state index contributed by atoms with van der Waals surface area (Å²) in [5.41, 5.74) is 0.362. The molecule has 0 saturated carbocycles. The third kappa shape index (κ3) is 3.25. The Bertz CT molecular complexity index is 1060. The predicted octanol–water partition coefficient (Wildman–Crippen LogP) is 0.449. The molecule has 4 N–H and O–H groups in total. The molecule has 1 aliphatic rings. The highest BCUT2D eigenvalue weighted by molar-refractivity contribution is 7.85. The van der Waals surface area contributed by atoms with Crippen molar-refractivity contribution in [2.45, 2.75) is 4.90 Å². The lowest BCUT2D eigenvalue weighted by Crippen LogP contribution is -2.34. The normalized spacial score (nSPS) is 14.8. The Hall–Kier alpha value is -2.95. The fourth-order valence-corrected chi connectivity index (χ4v) is 3.15. The van der Waals surface area contributed by atoms with Crippen LogP contribution in [0.25, 0.3) is 10.8 Å². The number of carbonyl (C=O) groups excluding carboxylic acids is 2.